The van der Waals surface area contributed by atoms with Crippen molar-refractivity contribution in [2.24, 2.45) is 0 Å². The fourth-order valence-corrected chi connectivity index (χ4v) is 2.26. The Balaban J connectivity index is 1.91. The summed E-state index contributed by atoms with van der Waals surface area (Å²) in [6.45, 7) is 3.60. The summed E-state index contributed by atoms with van der Waals surface area (Å²) >= 11 is 3.36. The van der Waals surface area contributed by atoms with Gasteiger partial charge in [0.15, 0.2) is 0 Å². The Morgan fingerprint density at radius 1 is 0.917 bits per heavy atom. The minimum absolute atomic E-state index is 0.0297. The lowest BCUT2D eigenvalue weighted by molar-refractivity contribution is -0.117. The highest BCUT2D eigenvalue weighted by molar-refractivity contribution is 9.10. The van der Waals surface area contributed by atoms with Gasteiger partial charge in [0.25, 0.3) is 0 Å². The molecule has 1 atom stereocenters. The zero-order valence-electron chi connectivity index (χ0n) is 13.6. The van der Waals surface area contributed by atoms with Crippen molar-refractivity contribution in [3.8, 4) is 0 Å². The van der Waals surface area contributed by atoms with E-state index in [2.05, 4.69) is 31.9 Å². The van der Waals surface area contributed by atoms with Gasteiger partial charge in [-0.1, -0.05) is 22.9 Å². The zero-order valence-corrected chi connectivity index (χ0v) is 15.2. The molecule has 0 radical (unpaired) electrons. The summed E-state index contributed by atoms with van der Waals surface area (Å²) in [6, 6.07) is 14.3. The van der Waals surface area contributed by atoms with Gasteiger partial charge in [0, 0.05) is 28.0 Å². The molecule has 0 heterocycles. The molecule has 0 aromatic heterocycles. The summed E-state index contributed by atoms with van der Waals surface area (Å²) in [7, 11) is 0. The molecular formula is C18H20BrN3O2. The van der Waals surface area contributed by atoms with Crippen LogP contribution in [-0.4, -0.2) is 17.9 Å². The molecule has 0 saturated heterocycles. The summed E-state index contributed by atoms with van der Waals surface area (Å²) in [5.41, 5.74) is 2.29. The fraction of sp³-hybridized carbons (Fsp3) is 0.222. The second-order valence-corrected chi connectivity index (χ2v) is 6.26. The Hall–Kier alpha value is -2.34. The smallest absolute Gasteiger partial charge is 0.246 e. The third kappa shape index (κ3) is 5.38. The van der Waals surface area contributed by atoms with E-state index in [9.17, 15) is 9.59 Å². The molecule has 0 fully saturated rings. The number of amides is 2. The van der Waals surface area contributed by atoms with Crippen molar-refractivity contribution >= 4 is 44.8 Å². The Morgan fingerprint density at radius 3 is 2.00 bits per heavy atom. The molecule has 3 N–H and O–H groups in total. The Morgan fingerprint density at radius 2 is 1.42 bits per heavy atom. The average Bonchev–Trinajstić information content (AvgIpc) is 2.58. The first-order valence-electron chi connectivity index (χ1n) is 7.71. The van der Waals surface area contributed by atoms with Gasteiger partial charge in [-0.25, -0.2) is 0 Å². The van der Waals surface area contributed by atoms with Gasteiger partial charge >= 0.3 is 0 Å². The molecule has 0 aliphatic heterocycles. The number of benzene rings is 2. The third-order valence-electron chi connectivity index (χ3n) is 3.38. The molecule has 126 valence electrons. The predicted octanol–water partition coefficient (Wildman–Crippen LogP) is 4.24. The first-order chi connectivity index (χ1) is 11.5. The molecule has 5 nitrogen and oxygen atoms in total. The van der Waals surface area contributed by atoms with Gasteiger partial charge < -0.3 is 16.0 Å². The van der Waals surface area contributed by atoms with Gasteiger partial charge in [-0.2, -0.15) is 0 Å². The number of carbonyl (C=O) groups excluding carboxylic acids is 2. The molecule has 24 heavy (non-hydrogen) atoms. The van der Waals surface area contributed by atoms with Crippen molar-refractivity contribution in [1.82, 2.24) is 0 Å². The summed E-state index contributed by atoms with van der Waals surface area (Å²) < 4.78 is 0.960. The molecule has 0 aliphatic carbocycles. The molecule has 0 aliphatic rings. The van der Waals surface area contributed by atoms with Crippen molar-refractivity contribution in [2.75, 3.05) is 16.0 Å². The van der Waals surface area contributed by atoms with E-state index in [1.807, 2.05) is 36.4 Å². The van der Waals surface area contributed by atoms with Crippen molar-refractivity contribution < 1.29 is 9.59 Å². The maximum Gasteiger partial charge on any atom is 0.246 e. The van der Waals surface area contributed by atoms with Crippen molar-refractivity contribution in [1.29, 1.82) is 0 Å². The van der Waals surface area contributed by atoms with Crippen LogP contribution < -0.4 is 16.0 Å². The number of hydrogen-bond acceptors (Lipinski definition) is 3. The highest BCUT2D eigenvalue weighted by Crippen LogP contribution is 2.16. The monoisotopic (exact) mass is 389 g/mol. The first-order valence-corrected chi connectivity index (χ1v) is 8.50. The molecule has 2 aromatic carbocycles. The number of carbonyl (C=O) groups is 2. The van der Waals surface area contributed by atoms with E-state index in [0.717, 1.165) is 21.5 Å². The number of halogens is 1. The molecule has 2 amide bonds. The molecule has 0 spiro atoms. The van der Waals surface area contributed by atoms with Crippen molar-refractivity contribution in [3.05, 3.63) is 53.0 Å². The number of hydrogen-bond donors (Lipinski definition) is 3. The van der Waals surface area contributed by atoms with Crippen LogP contribution in [0.5, 0.6) is 0 Å². The van der Waals surface area contributed by atoms with E-state index in [-0.39, 0.29) is 11.8 Å². The fourth-order valence-electron chi connectivity index (χ4n) is 2.00. The molecule has 6 heteroatoms. The number of rotatable bonds is 6. The molecular weight excluding hydrogens is 370 g/mol. The van der Waals surface area contributed by atoms with Gasteiger partial charge in [0.1, 0.15) is 6.04 Å². The normalized spacial score (nSPS) is 11.5. The van der Waals surface area contributed by atoms with Crippen LogP contribution in [0, 0.1) is 0 Å². The molecule has 2 aromatic rings. The van der Waals surface area contributed by atoms with Crippen LogP contribution in [0.3, 0.4) is 0 Å². The molecule has 1 unspecified atom stereocenters. The Labute approximate surface area is 150 Å². The summed E-state index contributed by atoms with van der Waals surface area (Å²) in [5.74, 6) is -0.154. The molecule has 0 bridgehead atoms. The van der Waals surface area contributed by atoms with Crippen LogP contribution >= 0.6 is 15.9 Å². The van der Waals surface area contributed by atoms with Crippen LogP contribution in [-0.2, 0) is 9.59 Å². The van der Waals surface area contributed by atoms with E-state index in [0.29, 0.717) is 6.42 Å². The van der Waals surface area contributed by atoms with E-state index in [1.165, 1.54) is 0 Å². The SMILES string of the molecule is CCC(=O)Nc1ccc(NC(C)C(=O)Nc2ccc(Br)cc2)cc1. The van der Waals surface area contributed by atoms with E-state index in [4.69, 9.17) is 0 Å². The van der Waals surface area contributed by atoms with Crippen LogP contribution in [0.4, 0.5) is 17.1 Å². The lowest BCUT2D eigenvalue weighted by Gasteiger charge is -2.16. The summed E-state index contributed by atoms with van der Waals surface area (Å²) in [5, 5.41) is 8.77. The molecule has 2 rings (SSSR count). The Bertz CT molecular complexity index is 699. The minimum Gasteiger partial charge on any atom is -0.374 e. The highest BCUT2D eigenvalue weighted by atomic mass is 79.9. The van der Waals surface area contributed by atoms with Gasteiger partial charge in [-0.05, 0) is 55.5 Å². The van der Waals surface area contributed by atoms with Gasteiger partial charge in [0.2, 0.25) is 11.8 Å². The van der Waals surface area contributed by atoms with Crippen LogP contribution in [0.2, 0.25) is 0 Å². The minimum atomic E-state index is -0.398. The second-order valence-electron chi connectivity index (χ2n) is 5.34. The Kier molecular flexibility index (Phi) is 6.37. The predicted molar refractivity (Wildman–Crippen MR) is 101 cm³/mol. The lowest BCUT2D eigenvalue weighted by atomic mass is 10.2. The number of nitrogens with one attached hydrogen (secondary N) is 3. The van der Waals surface area contributed by atoms with Crippen molar-refractivity contribution in [3.63, 3.8) is 0 Å². The topological polar surface area (TPSA) is 70.2 Å². The van der Waals surface area contributed by atoms with E-state index in [1.54, 1.807) is 26.0 Å². The first kappa shape index (κ1) is 18.0. The van der Waals surface area contributed by atoms with Crippen LogP contribution in [0.25, 0.3) is 0 Å². The van der Waals surface area contributed by atoms with Crippen LogP contribution in [0.1, 0.15) is 20.3 Å². The highest BCUT2D eigenvalue weighted by Gasteiger charge is 2.12. The third-order valence-corrected chi connectivity index (χ3v) is 3.91. The number of anilines is 3. The summed E-state index contributed by atoms with van der Waals surface area (Å²) in [4.78, 5) is 23.6. The quantitative estimate of drug-likeness (QED) is 0.691. The van der Waals surface area contributed by atoms with Crippen molar-refractivity contribution in [2.45, 2.75) is 26.3 Å². The zero-order chi connectivity index (χ0) is 17.5. The van der Waals surface area contributed by atoms with Gasteiger partial charge in [-0.3, -0.25) is 9.59 Å². The van der Waals surface area contributed by atoms with Gasteiger partial charge in [0.05, 0.1) is 0 Å². The largest absolute Gasteiger partial charge is 0.374 e. The van der Waals surface area contributed by atoms with E-state index >= 15 is 0 Å². The van der Waals surface area contributed by atoms with Gasteiger partial charge in [-0.15, -0.1) is 0 Å². The average molecular weight is 390 g/mol. The maximum atomic E-state index is 12.2. The second kappa shape index (κ2) is 8.49. The standard InChI is InChI=1S/C18H20BrN3O2/c1-3-17(23)21-15-10-8-14(9-11-15)20-12(2)18(24)22-16-6-4-13(19)5-7-16/h4-12,20H,3H2,1-2H3,(H,21,23)(H,22,24). The lowest BCUT2D eigenvalue weighted by Crippen LogP contribution is -2.31. The molecule has 0 saturated carbocycles. The van der Waals surface area contributed by atoms with Crippen LogP contribution in [0.15, 0.2) is 53.0 Å². The summed E-state index contributed by atoms with van der Waals surface area (Å²) in [6.07, 6.45) is 0.438. The maximum absolute atomic E-state index is 12.2. The van der Waals surface area contributed by atoms with E-state index < -0.39 is 6.04 Å².